The largest absolute Gasteiger partial charge is 0.497 e. The van der Waals surface area contributed by atoms with E-state index in [1.807, 2.05) is 36.4 Å². The maximum Gasteiger partial charge on any atom is 0.259 e. The van der Waals surface area contributed by atoms with E-state index in [9.17, 15) is 9.59 Å². The molecule has 0 fully saturated rings. The van der Waals surface area contributed by atoms with Gasteiger partial charge in [-0.25, -0.2) is 5.43 Å². The smallest absolute Gasteiger partial charge is 0.259 e. The fourth-order valence-electron chi connectivity index (χ4n) is 2.75. The molecule has 29 heavy (non-hydrogen) atoms. The van der Waals surface area contributed by atoms with Gasteiger partial charge in [0.2, 0.25) is 5.91 Å². The van der Waals surface area contributed by atoms with E-state index < -0.39 is 0 Å². The minimum absolute atomic E-state index is 0.132. The molecule has 0 radical (unpaired) electrons. The summed E-state index contributed by atoms with van der Waals surface area (Å²) in [5.41, 5.74) is 5.28. The lowest BCUT2D eigenvalue weighted by atomic mass is 10.1. The van der Waals surface area contributed by atoms with Crippen LogP contribution in [-0.4, -0.2) is 44.8 Å². The lowest BCUT2D eigenvalue weighted by molar-refractivity contribution is -0.125. The van der Waals surface area contributed by atoms with Crippen molar-refractivity contribution in [2.75, 3.05) is 31.6 Å². The van der Waals surface area contributed by atoms with E-state index in [0.29, 0.717) is 0 Å². The number of nitrogens with one attached hydrogen (secondary N) is 2. The number of hydrazone groups is 1. The second-order valence-electron chi connectivity index (χ2n) is 6.36. The van der Waals surface area contributed by atoms with Gasteiger partial charge in [-0.05, 0) is 49.2 Å². The molecule has 2 N–H and O–H groups in total. The first-order valence-corrected chi connectivity index (χ1v) is 9.62. The number of rotatable bonds is 10. The van der Waals surface area contributed by atoms with Crippen molar-refractivity contribution in [2.24, 2.45) is 5.10 Å². The zero-order valence-electron chi connectivity index (χ0n) is 17.1. The SMILES string of the molecule is CCN(CC)c1ccc(/C=N/NC(=O)CNC(=O)Cc2ccc(OC)cc2)cc1. The Morgan fingerprint density at radius 1 is 1.00 bits per heavy atom. The Hall–Kier alpha value is -3.35. The maximum atomic E-state index is 11.9. The van der Waals surface area contributed by atoms with E-state index in [1.54, 1.807) is 25.5 Å². The predicted molar refractivity (Wildman–Crippen MR) is 115 cm³/mol. The topological polar surface area (TPSA) is 83.0 Å². The highest BCUT2D eigenvalue weighted by atomic mass is 16.5. The minimum atomic E-state index is -0.385. The molecular formula is C22H28N4O3. The number of nitrogens with zero attached hydrogens (tertiary/aromatic N) is 2. The molecule has 7 nitrogen and oxygen atoms in total. The molecule has 0 aliphatic carbocycles. The molecule has 0 aliphatic heterocycles. The van der Waals surface area contributed by atoms with Crippen LogP contribution in [0.3, 0.4) is 0 Å². The normalized spacial score (nSPS) is 10.6. The molecule has 0 unspecified atom stereocenters. The highest BCUT2D eigenvalue weighted by molar-refractivity contribution is 5.87. The van der Waals surface area contributed by atoms with Crippen molar-refractivity contribution in [3.05, 3.63) is 59.7 Å². The van der Waals surface area contributed by atoms with Crippen LogP contribution < -0.4 is 20.4 Å². The summed E-state index contributed by atoms with van der Waals surface area (Å²) in [6.45, 7) is 6.00. The Bertz CT molecular complexity index is 813. The van der Waals surface area contributed by atoms with Gasteiger partial charge in [0.15, 0.2) is 0 Å². The summed E-state index contributed by atoms with van der Waals surface area (Å²) in [4.78, 5) is 26.0. The Balaban J connectivity index is 1.73. The second-order valence-corrected chi connectivity index (χ2v) is 6.36. The number of hydrogen-bond donors (Lipinski definition) is 2. The average Bonchev–Trinajstić information content (AvgIpc) is 2.75. The molecule has 0 saturated heterocycles. The zero-order valence-corrected chi connectivity index (χ0v) is 17.1. The summed E-state index contributed by atoms with van der Waals surface area (Å²) in [6.07, 6.45) is 1.77. The molecule has 7 heteroatoms. The molecular weight excluding hydrogens is 368 g/mol. The highest BCUT2D eigenvalue weighted by Gasteiger charge is 2.06. The fourth-order valence-corrected chi connectivity index (χ4v) is 2.75. The molecule has 2 aromatic carbocycles. The van der Waals surface area contributed by atoms with E-state index in [-0.39, 0.29) is 24.8 Å². The van der Waals surface area contributed by atoms with Crippen LogP contribution in [0.2, 0.25) is 0 Å². The van der Waals surface area contributed by atoms with Gasteiger partial charge in [-0.1, -0.05) is 24.3 Å². The van der Waals surface area contributed by atoms with Gasteiger partial charge in [-0.3, -0.25) is 9.59 Å². The summed E-state index contributed by atoms with van der Waals surface area (Å²) in [6, 6.07) is 15.1. The van der Waals surface area contributed by atoms with Crippen LogP contribution >= 0.6 is 0 Å². The minimum Gasteiger partial charge on any atom is -0.497 e. The molecule has 154 valence electrons. The molecule has 0 atom stereocenters. The summed E-state index contributed by atoms with van der Waals surface area (Å²) in [5, 5.41) is 6.51. The van der Waals surface area contributed by atoms with Gasteiger partial charge >= 0.3 is 0 Å². The first kappa shape index (κ1) is 21.9. The van der Waals surface area contributed by atoms with Gasteiger partial charge in [0.25, 0.3) is 5.91 Å². The molecule has 2 rings (SSSR count). The Kier molecular flexibility index (Phi) is 8.69. The van der Waals surface area contributed by atoms with Crippen LogP contribution in [0.25, 0.3) is 0 Å². The summed E-state index contributed by atoms with van der Waals surface area (Å²) < 4.78 is 5.08. The third-order valence-electron chi connectivity index (χ3n) is 4.39. The molecule has 0 aliphatic rings. The van der Waals surface area contributed by atoms with Crippen LogP contribution in [-0.2, 0) is 16.0 Å². The lowest BCUT2D eigenvalue weighted by Gasteiger charge is -2.20. The number of amides is 2. The molecule has 0 aromatic heterocycles. The van der Waals surface area contributed by atoms with Crippen molar-refractivity contribution < 1.29 is 14.3 Å². The molecule has 0 bridgehead atoms. The number of carbonyl (C=O) groups is 2. The van der Waals surface area contributed by atoms with Crippen LogP contribution in [0.1, 0.15) is 25.0 Å². The summed E-state index contributed by atoms with van der Waals surface area (Å²) in [7, 11) is 1.59. The highest BCUT2D eigenvalue weighted by Crippen LogP contribution is 2.14. The summed E-state index contributed by atoms with van der Waals surface area (Å²) >= 11 is 0. The number of anilines is 1. The van der Waals surface area contributed by atoms with Crippen molar-refractivity contribution >= 4 is 23.7 Å². The van der Waals surface area contributed by atoms with Gasteiger partial charge in [-0.2, -0.15) is 5.10 Å². The third kappa shape index (κ3) is 7.29. The van der Waals surface area contributed by atoms with E-state index in [0.717, 1.165) is 35.7 Å². The first-order valence-electron chi connectivity index (χ1n) is 9.62. The first-order chi connectivity index (χ1) is 14.0. The van der Waals surface area contributed by atoms with Crippen molar-refractivity contribution in [3.8, 4) is 5.75 Å². The van der Waals surface area contributed by atoms with Crippen molar-refractivity contribution in [2.45, 2.75) is 20.3 Å². The molecule has 0 heterocycles. The van der Waals surface area contributed by atoms with Crippen molar-refractivity contribution in [3.63, 3.8) is 0 Å². The predicted octanol–water partition coefficient (Wildman–Crippen LogP) is 2.35. The number of carbonyl (C=O) groups excluding carboxylic acids is 2. The van der Waals surface area contributed by atoms with Crippen LogP contribution in [0.4, 0.5) is 5.69 Å². The van der Waals surface area contributed by atoms with Crippen molar-refractivity contribution in [1.82, 2.24) is 10.7 Å². The van der Waals surface area contributed by atoms with Gasteiger partial charge in [0.1, 0.15) is 5.75 Å². The Morgan fingerprint density at radius 3 is 2.24 bits per heavy atom. The van der Waals surface area contributed by atoms with E-state index in [4.69, 9.17) is 4.74 Å². The third-order valence-corrected chi connectivity index (χ3v) is 4.39. The Morgan fingerprint density at radius 2 is 1.66 bits per heavy atom. The Labute approximate surface area is 171 Å². The number of benzene rings is 2. The monoisotopic (exact) mass is 396 g/mol. The molecule has 2 amide bonds. The van der Waals surface area contributed by atoms with Gasteiger partial charge < -0.3 is 15.0 Å². The van der Waals surface area contributed by atoms with Crippen LogP contribution in [0.15, 0.2) is 53.6 Å². The van der Waals surface area contributed by atoms with Crippen molar-refractivity contribution in [1.29, 1.82) is 0 Å². The number of ether oxygens (including phenoxy) is 1. The van der Waals surface area contributed by atoms with Gasteiger partial charge in [-0.15, -0.1) is 0 Å². The van der Waals surface area contributed by atoms with E-state index in [2.05, 4.69) is 34.6 Å². The maximum absolute atomic E-state index is 11.9. The second kappa shape index (κ2) is 11.5. The van der Waals surface area contributed by atoms with Gasteiger partial charge in [0.05, 0.1) is 26.3 Å². The fraction of sp³-hybridized carbons (Fsp3) is 0.318. The van der Waals surface area contributed by atoms with Crippen LogP contribution in [0, 0.1) is 0 Å². The average molecular weight is 396 g/mol. The summed E-state index contributed by atoms with van der Waals surface area (Å²) in [5.74, 6) is 0.111. The zero-order chi connectivity index (χ0) is 21.1. The molecule has 0 spiro atoms. The molecule has 0 saturated carbocycles. The lowest BCUT2D eigenvalue weighted by Crippen LogP contribution is -2.35. The van der Waals surface area contributed by atoms with E-state index >= 15 is 0 Å². The van der Waals surface area contributed by atoms with E-state index in [1.165, 1.54) is 0 Å². The number of methoxy groups -OCH3 is 1. The quantitative estimate of drug-likeness (QED) is 0.477. The molecule has 2 aromatic rings. The standard InChI is InChI=1S/C22H28N4O3/c1-4-26(5-2)19-10-6-18(7-11-19)15-24-25-22(28)16-23-21(27)14-17-8-12-20(29-3)13-9-17/h6-13,15H,4-5,14,16H2,1-3H3,(H,23,27)(H,25,28)/b24-15+. The van der Waals surface area contributed by atoms with Crippen LogP contribution in [0.5, 0.6) is 5.75 Å². The van der Waals surface area contributed by atoms with Gasteiger partial charge in [0, 0.05) is 18.8 Å². The number of hydrogen-bond acceptors (Lipinski definition) is 5.